The van der Waals surface area contributed by atoms with Gasteiger partial charge < -0.3 is 0 Å². The Labute approximate surface area is 299 Å². The van der Waals surface area contributed by atoms with Gasteiger partial charge in [-0.25, -0.2) is 20.0 Å². The van der Waals surface area contributed by atoms with Crippen molar-refractivity contribution in [2.75, 3.05) is 0 Å². The zero-order valence-corrected chi connectivity index (χ0v) is 28.0. The van der Waals surface area contributed by atoms with Gasteiger partial charge >= 0.3 is 0 Å². The van der Waals surface area contributed by atoms with Crippen molar-refractivity contribution in [2.45, 2.75) is 0 Å². The van der Waals surface area contributed by atoms with E-state index in [4.69, 9.17) is 20.0 Å². The second kappa shape index (κ2) is 11.2. The first-order chi connectivity index (χ1) is 25.7. The zero-order chi connectivity index (χ0) is 34.2. The molecular weight excluding hydrogens is 633 g/mol. The SMILES string of the molecule is c1ccc2nc3c(cc2c1)N=C(c1ccc2c(ccc4ccccc42)c1)c1nc2ccccc2cc1N=C3c1ccc2c(ccc3ccccc32)c1. The quantitative estimate of drug-likeness (QED) is 0.173. The highest BCUT2D eigenvalue weighted by molar-refractivity contribution is 6.24. The van der Waals surface area contributed by atoms with Crippen LogP contribution in [0.4, 0.5) is 11.4 Å². The fourth-order valence-corrected chi connectivity index (χ4v) is 7.80. The summed E-state index contributed by atoms with van der Waals surface area (Å²) >= 11 is 0. The summed E-state index contributed by atoms with van der Waals surface area (Å²) in [5.74, 6) is 0. The van der Waals surface area contributed by atoms with Gasteiger partial charge in [0.05, 0.1) is 33.8 Å². The van der Waals surface area contributed by atoms with Crippen LogP contribution < -0.4 is 0 Å². The molecule has 1 aliphatic rings. The summed E-state index contributed by atoms with van der Waals surface area (Å²) in [6, 6.07) is 59.8. The highest BCUT2D eigenvalue weighted by atomic mass is 14.9. The summed E-state index contributed by atoms with van der Waals surface area (Å²) < 4.78 is 0. The molecule has 2 aromatic heterocycles. The molecule has 0 atom stereocenters. The number of rotatable bonds is 2. The van der Waals surface area contributed by atoms with Crippen LogP contribution in [-0.2, 0) is 0 Å². The molecule has 0 spiro atoms. The number of hydrogen-bond acceptors (Lipinski definition) is 4. The van der Waals surface area contributed by atoms with Crippen molar-refractivity contribution >= 4 is 87.7 Å². The molecule has 0 bridgehead atoms. The standard InChI is InChI=1S/C48H28N4/c1-5-13-37-29(9-1)17-19-31-25-35(21-23-39(31)37)45-47-43(27-33-11-3-7-15-41(33)49-47)52-46(48-44(51-45)28-34-12-4-8-16-42(34)50-48)36-22-24-40-32(26-36)20-18-30-10-2-6-14-38(30)40/h1-28H. The Morgan fingerprint density at radius 3 is 1.15 bits per heavy atom. The first kappa shape index (κ1) is 28.8. The van der Waals surface area contributed by atoms with Crippen LogP contribution in [-0.4, -0.2) is 21.4 Å². The van der Waals surface area contributed by atoms with Gasteiger partial charge in [0.1, 0.15) is 11.4 Å². The zero-order valence-electron chi connectivity index (χ0n) is 28.0. The van der Waals surface area contributed by atoms with Crippen molar-refractivity contribution < 1.29 is 0 Å². The minimum atomic E-state index is 0.738. The van der Waals surface area contributed by atoms with Gasteiger partial charge in [-0.3, -0.25) is 0 Å². The van der Waals surface area contributed by atoms with Crippen molar-refractivity contribution in [3.63, 3.8) is 0 Å². The van der Waals surface area contributed by atoms with E-state index in [1.165, 1.54) is 32.3 Å². The molecule has 0 aliphatic carbocycles. The van der Waals surface area contributed by atoms with Gasteiger partial charge in [0, 0.05) is 21.9 Å². The molecule has 8 aromatic carbocycles. The topological polar surface area (TPSA) is 50.5 Å². The van der Waals surface area contributed by atoms with Crippen molar-refractivity contribution in [1.82, 2.24) is 9.97 Å². The third-order valence-corrected chi connectivity index (χ3v) is 10.4. The fourth-order valence-electron chi connectivity index (χ4n) is 7.80. The second-order valence-electron chi connectivity index (χ2n) is 13.5. The molecule has 0 unspecified atom stereocenters. The Kier molecular flexibility index (Phi) is 6.22. The average Bonchev–Trinajstić information content (AvgIpc) is 3.20. The minimum Gasteiger partial charge on any atom is -0.244 e. The number of para-hydroxylation sites is 2. The summed E-state index contributed by atoms with van der Waals surface area (Å²) in [5, 5.41) is 11.6. The highest BCUT2D eigenvalue weighted by Crippen LogP contribution is 2.37. The predicted molar refractivity (Wildman–Crippen MR) is 217 cm³/mol. The number of nitrogens with zero attached hydrogens (tertiary/aromatic N) is 4. The van der Waals surface area contributed by atoms with Crippen molar-refractivity contribution in [1.29, 1.82) is 0 Å². The maximum atomic E-state index is 5.53. The van der Waals surface area contributed by atoms with Gasteiger partial charge in [0.2, 0.25) is 0 Å². The maximum Gasteiger partial charge on any atom is 0.116 e. The Hall–Kier alpha value is -7.04. The lowest BCUT2D eigenvalue weighted by atomic mass is 9.95. The first-order valence-corrected chi connectivity index (χ1v) is 17.6. The number of pyridine rings is 2. The molecule has 11 rings (SSSR count). The summed E-state index contributed by atoms with van der Waals surface area (Å²) in [6.45, 7) is 0. The van der Waals surface area contributed by atoms with E-state index in [2.05, 4.69) is 146 Å². The minimum absolute atomic E-state index is 0.738. The Morgan fingerprint density at radius 2 is 0.673 bits per heavy atom. The molecule has 0 saturated carbocycles. The summed E-state index contributed by atoms with van der Waals surface area (Å²) in [6.07, 6.45) is 0. The van der Waals surface area contributed by atoms with Crippen LogP contribution >= 0.6 is 0 Å². The molecule has 0 N–H and O–H groups in total. The van der Waals surface area contributed by atoms with Gasteiger partial charge in [0.15, 0.2) is 0 Å². The molecule has 10 aromatic rings. The predicted octanol–water partition coefficient (Wildman–Crippen LogP) is 12.0. The Balaban J connectivity index is 1.21. The van der Waals surface area contributed by atoms with E-state index in [0.29, 0.717) is 0 Å². The third kappa shape index (κ3) is 4.55. The number of aromatic nitrogens is 2. The van der Waals surface area contributed by atoms with Crippen LogP contribution in [0.3, 0.4) is 0 Å². The van der Waals surface area contributed by atoms with E-state index in [1.54, 1.807) is 0 Å². The van der Waals surface area contributed by atoms with E-state index in [0.717, 1.165) is 77.9 Å². The third-order valence-electron chi connectivity index (χ3n) is 10.4. The normalized spacial score (nSPS) is 12.8. The monoisotopic (exact) mass is 660 g/mol. The molecule has 0 amide bonds. The van der Waals surface area contributed by atoms with Gasteiger partial charge in [0.25, 0.3) is 0 Å². The second-order valence-corrected chi connectivity index (χ2v) is 13.5. The van der Waals surface area contributed by atoms with E-state index < -0.39 is 0 Å². The Bertz CT molecular complexity index is 2980. The molecule has 1 aliphatic heterocycles. The highest BCUT2D eigenvalue weighted by Gasteiger charge is 2.24. The molecule has 0 fully saturated rings. The maximum absolute atomic E-state index is 5.53. The summed E-state index contributed by atoms with van der Waals surface area (Å²) in [4.78, 5) is 21.6. The number of fused-ring (bicyclic) bond motifs is 10. The van der Waals surface area contributed by atoms with Crippen LogP contribution in [0.25, 0.3) is 64.9 Å². The number of benzene rings is 8. The average molecular weight is 661 g/mol. The molecular formula is C48H28N4. The van der Waals surface area contributed by atoms with Crippen molar-refractivity contribution in [3.8, 4) is 0 Å². The van der Waals surface area contributed by atoms with E-state index >= 15 is 0 Å². The Morgan fingerprint density at radius 1 is 0.288 bits per heavy atom. The molecule has 52 heavy (non-hydrogen) atoms. The van der Waals surface area contributed by atoms with Gasteiger partial charge in [-0.05, 0) is 79.5 Å². The van der Waals surface area contributed by atoms with E-state index in [1.807, 2.05) is 24.3 Å². The summed E-state index contributed by atoms with van der Waals surface area (Å²) in [5.41, 5.74) is 8.26. The molecule has 4 heteroatoms. The van der Waals surface area contributed by atoms with Crippen molar-refractivity contribution in [3.05, 3.63) is 192 Å². The molecule has 240 valence electrons. The number of aliphatic imine (C=N–C) groups is 2. The lowest BCUT2D eigenvalue weighted by molar-refractivity contribution is 1.27. The van der Waals surface area contributed by atoms with Crippen LogP contribution in [0.5, 0.6) is 0 Å². The van der Waals surface area contributed by atoms with E-state index in [9.17, 15) is 0 Å². The van der Waals surface area contributed by atoms with Crippen LogP contribution in [0.2, 0.25) is 0 Å². The smallest absolute Gasteiger partial charge is 0.116 e. The fraction of sp³-hybridized carbons (Fsp3) is 0. The lowest BCUT2D eigenvalue weighted by Crippen LogP contribution is -2.13. The van der Waals surface area contributed by atoms with Crippen molar-refractivity contribution in [2.24, 2.45) is 9.98 Å². The molecule has 0 radical (unpaired) electrons. The van der Waals surface area contributed by atoms with Crippen LogP contribution in [0, 0.1) is 0 Å². The van der Waals surface area contributed by atoms with Gasteiger partial charge in [-0.2, -0.15) is 0 Å². The lowest BCUT2D eigenvalue weighted by Gasteiger charge is -2.19. The van der Waals surface area contributed by atoms with Gasteiger partial charge in [-0.15, -0.1) is 0 Å². The molecule has 3 heterocycles. The summed E-state index contributed by atoms with van der Waals surface area (Å²) in [7, 11) is 0. The van der Waals surface area contributed by atoms with E-state index in [-0.39, 0.29) is 0 Å². The van der Waals surface area contributed by atoms with Crippen LogP contribution in [0.15, 0.2) is 180 Å². The molecule has 0 saturated heterocycles. The number of hydrogen-bond donors (Lipinski definition) is 0. The van der Waals surface area contributed by atoms with Gasteiger partial charge in [-0.1, -0.05) is 133 Å². The van der Waals surface area contributed by atoms with Crippen LogP contribution in [0.1, 0.15) is 22.5 Å². The first-order valence-electron chi connectivity index (χ1n) is 17.6. The molecule has 4 nitrogen and oxygen atoms in total. The largest absolute Gasteiger partial charge is 0.244 e.